The molecule has 0 radical (unpaired) electrons. The van der Waals surface area contributed by atoms with Gasteiger partial charge in [0.1, 0.15) is 6.04 Å². The van der Waals surface area contributed by atoms with E-state index in [-0.39, 0.29) is 44.6 Å². The van der Waals surface area contributed by atoms with E-state index in [0.29, 0.717) is 12.8 Å². The smallest absolute Gasteiger partial charge is 0.225 e. The van der Waals surface area contributed by atoms with Gasteiger partial charge in [0.2, 0.25) is 29.5 Å². The van der Waals surface area contributed by atoms with E-state index in [2.05, 4.69) is 33.2 Å². The van der Waals surface area contributed by atoms with Crippen molar-refractivity contribution in [2.24, 2.45) is 34.0 Å². The van der Waals surface area contributed by atoms with Gasteiger partial charge in [0.25, 0.3) is 0 Å². The van der Waals surface area contributed by atoms with Gasteiger partial charge < -0.3 is 48.7 Å². The van der Waals surface area contributed by atoms with Gasteiger partial charge in [-0.3, -0.25) is 43.3 Å². The standard InChI is InChI=1S/C42H76N8O10/c1-5-6-7-8-9-10-11-12-13-14-15-16-17-20-37(57)50-39(29(3)52)35(55)24-30(26-36(43)56)41(60)48-28(2)33(53)21-22-38(58)49-32(19-18-23-47-42(44)45)34(54)25-31(27-51)40(59)46-4/h28-32,39,51-52H,5-27H2,1-4H3,(H2,43,56)(H,46,59)(H,48,60)(H,49,58)(H,50,57)(H4,44,45,47)/t28-,29+,30-,31-,32-,39-/m0/s1. The van der Waals surface area contributed by atoms with Crippen LogP contribution in [0.15, 0.2) is 4.99 Å². The molecule has 0 spiro atoms. The molecule has 5 amide bonds. The molecule has 0 saturated carbocycles. The number of guanidine groups is 1. The van der Waals surface area contributed by atoms with Crippen LogP contribution < -0.4 is 38.5 Å². The molecule has 0 aliphatic heterocycles. The van der Waals surface area contributed by atoms with Gasteiger partial charge in [-0.15, -0.1) is 0 Å². The Kier molecular flexibility index (Phi) is 30.8. The fourth-order valence-corrected chi connectivity index (χ4v) is 6.67. The van der Waals surface area contributed by atoms with E-state index in [9.17, 15) is 48.6 Å². The molecular formula is C42H76N8O10. The third-order valence-corrected chi connectivity index (χ3v) is 10.3. The average molecular weight is 853 g/mol. The number of ketones is 3. The average Bonchev–Trinajstić information content (AvgIpc) is 3.19. The lowest BCUT2D eigenvalue weighted by Gasteiger charge is -2.23. The largest absolute Gasteiger partial charge is 0.396 e. The number of carbonyl (C=O) groups excluding carboxylic acids is 8. The van der Waals surface area contributed by atoms with Crippen molar-refractivity contribution in [2.75, 3.05) is 20.2 Å². The second kappa shape index (κ2) is 33.3. The van der Waals surface area contributed by atoms with Crippen LogP contribution in [0, 0.1) is 11.8 Å². The summed E-state index contributed by atoms with van der Waals surface area (Å²) in [6.07, 6.45) is 12.0. The summed E-state index contributed by atoms with van der Waals surface area (Å²) in [5.41, 5.74) is 16.1. The highest BCUT2D eigenvalue weighted by Crippen LogP contribution is 2.16. The summed E-state index contributed by atoms with van der Waals surface area (Å²) in [7, 11) is 1.36. The van der Waals surface area contributed by atoms with E-state index in [1.54, 1.807) is 0 Å². The Labute approximate surface area is 356 Å². The first kappa shape index (κ1) is 55.5. The van der Waals surface area contributed by atoms with Crippen molar-refractivity contribution in [3.8, 4) is 0 Å². The minimum Gasteiger partial charge on any atom is -0.396 e. The topological polar surface area (TPSA) is 316 Å². The summed E-state index contributed by atoms with van der Waals surface area (Å²) in [6.45, 7) is 4.47. The van der Waals surface area contributed by atoms with Gasteiger partial charge in [0.05, 0.1) is 36.6 Å². The molecule has 0 saturated heterocycles. The number of unbranched alkanes of at least 4 members (excludes halogenated alkanes) is 12. The van der Waals surface area contributed by atoms with Crippen molar-refractivity contribution in [3.05, 3.63) is 0 Å². The van der Waals surface area contributed by atoms with Gasteiger partial charge >= 0.3 is 0 Å². The van der Waals surface area contributed by atoms with Crippen molar-refractivity contribution in [1.29, 1.82) is 0 Å². The summed E-state index contributed by atoms with van der Waals surface area (Å²) < 4.78 is 0. The van der Waals surface area contributed by atoms with Crippen LogP contribution >= 0.6 is 0 Å². The minimum atomic E-state index is -1.33. The third-order valence-electron chi connectivity index (χ3n) is 10.3. The first-order chi connectivity index (χ1) is 28.5. The number of hydrogen-bond donors (Lipinski definition) is 9. The van der Waals surface area contributed by atoms with E-state index in [0.717, 1.165) is 25.7 Å². The van der Waals surface area contributed by atoms with E-state index >= 15 is 0 Å². The lowest BCUT2D eigenvalue weighted by molar-refractivity contribution is -0.136. The molecule has 0 aromatic carbocycles. The number of nitrogens with zero attached hydrogens (tertiary/aromatic N) is 1. The van der Waals surface area contributed by atoms with E-state index in [4.69, 9.17) is 17.2 Å². The zero-order chi connectivity index (χ0) is 45.5. The van der Waals surface area contributed by atoms with E-state index in [1.165, 1.54) is 72.3 Å². The second-order valence-corrected chi connectivity index (χ2v) is 15.7. The Hall–Kier alpha value is -4.45. The van der Waals surface area contributed by atoms with E-state index < -0.39 is 102 Å². The number of aliphatic hydroxyl groups excluding tert-OH is 2. The highest BCUT2D eigenvalue weighted by Gasteiger charge is 2.33. The maximum absolute atomic E-state index is 13.3. The fraction of sp³-hybridized carbons (Fsp3) is 0.786. The lowest BCUT2D eigenvalue weighted by Crippen LogP contribution is -2.49. The number of aliphatic hydroxyl groups is 2. The molecule has 18 heteroatoms. The Bertz CT molecular complexity index is 1370. The van der Waals surface area contributed by atoms with Crippen molar-refractivity contribution in [1.82, 2.24) is 21.3 Å². The first-order valence-electron chi connectivity index (χ1n) is 21.8. The molecule has 344 valence electrons. The molecule has 0 aliphatic carbocycles. The van der Waals surface area contributed by atoms with Crippen LogP contribution in [0.1, 0.15) is 156 Å². The maximum Gasteiger partial charge on any atom is 0.225 e. The predicted molar refractivity (Wildman–Crippen MR) is 229 cm³/mol. The predicted octanol–water partition coefficient (Wildman–Crippen LogP) is 1.49. The van der Waals surface area contributed by atoms with Crippen molar-refractivity contribution in [2.45, 2.75) is 180 Å². The van der Waals surface area contributed by atoms with Crippen LogP contribution in [-0.2, 0) is 38.4 Å². The van der Waals surface area contributed by atoms with Crippen LogP contribution in [0.4, 0.5) is 0 Å². The lowest BCUT2D eigenvalue weighted by atomic mass is 9.92. The Morgan fingerprint density at radius 3 is 1.63 bits per heavy atom. The number of nitrogens with one attached hydrogen (secondary N) is 4. The number of Topliss-reactive ketones (excluding diaryl/α,β-unsaturated/α-hetero) is 3. The summed E-state index contributed by atoms with van der Waals surface area (Å²) in [5, 5.41) is 29.9. The number of carbonyl (C=O) groups is 8. The van der Waals surface area contributed by atoms with Gasteiger partial charge in [0, 0.05) is 52.1 Å². The monoisotopic (exact) mass is 853 g/mol. The number of amides is 5. The van der Waals surface area contributed by atoms with E-state index in [1.807, 2.05) is 0 Å². The number of nitrogens with two attached hydrogens (primary N) is 3. The molecule has 0 aromatic rings. The normalized spacial score (nSPS) is 14.0. The van der Waals surface area contributed by atoms with Crippen molar-refractivity contribution in [3.63, 3.8) is 0 Å². The zero-order valence-electron chi connectivity index (χ0n) is 36.6. The van der Waals surface area contributed by atoms with Gasteiger partial charge in [-0.25, -0.2) is 0 Å². The molecular weight excluding hydrogens is 777 g/mol. The van der Waals surface area contributed by atoms with Gasteiger partial charge in [-0.1, -0.05) is 84.0 Å². The molecule has 0 heterocycles. The third kappa shape index (κ3) is 26.6. The molecule has 0 rings (SSSR count). The Morgan fingerprint density at radius 2 is 1.13 bits per heavy atom. The van der Waals surface area contributed by atoms with Crippen LogP contribution in [0.2, 0.25) is 0 Å². The van der Waals surface area contributed by atoms with Crippen LogP contribution in [0.5, 0.6) is 0 Å². The molecule has 6 atom stereocenters. The number of rotatable bonds is 37. The fourth-order valence-electron chi connectivity index (χ4n) is 6.67. The molecule has 0 fully saturated rings. The quantitative estimate of drug-likeness (QED) is 0.0244. The SMILES string of the molecule is CCCCCCCCCCCCCCCC(=O)N[C@H](C(=O)C[C@@H](CC(N)=O)C(=O)N[C@@H](C)C(=O)CCC(=O)N[C@@H](CCCN=C(N)N)C(=O)C[C@@H](CO)C(=O)NC)[C@@H](C)O. The summed E-state index contributed by atoms with van der Waals surface area (Å²) in [4.78, 5) is 106. The molecule has 0 aromatic heterocycles. The van der Waals surface area contributed by atoms with Crippen LogP contribution in [0.3, 0.4) is 0 Å². The Balaban J connectivity index is 5.13. The first-order valence-corrected chi connectivity index (χ1v) is 21.8. The number of hydrogen-bond acceptors (Lipinski definition) is 11. The van der Waals surface area contributed by atoms with Gasteiger partial charge in [-0.2, -0.15) is 0 Å². The second-order valence-electron chi connectivity index (χ2n) is 15.7. The number of primary amides is 1. The maximum atomic E-state index is 13.3. The number of aliphatic imine (C=N–C) groups is 1. The summed E-state index contributed by atoms with van der Waals surface area (Å²) >= 11 is 0. The highest BCUT2D eigenvalue weighted by molar-refractivity contribution is 5.97. The molecule has 0 unspecified atom stereocenters. The molecule has 0 aliphatic rings. The van der Waals surface area contributed by atoms with Crippen LogP contribution in [0.25, 0.3) is 0 Å². The van der Waals surface area contributed by atoms with Crippen LogP contribution in [-0.4, -0.2) is 107 Å². The molecule has 60 heavy (non-hydrogen) atoms. The zero-order valence-corrected chi connectivity index (χ0v) is 36.6. The minimum absolute atomic E-state index is 0.104. The molecule has 0 bridgehead atoms. The molecule has 18 nitrogen and oxygen atoms in total. The highest BCUT2D eigenvalue weighted by atomic mass is 16.3. The van der Waals surface area contributed by atoms with Gasteiger partial charge in [0.15, 0.2) is 23.3 Å². The molecule has 12 N–H and O–H groups in total. The Morgan fingerprint density at radius 1 is 0.600 bits per heavy atom. The summed E-state index contributed by atoms with van der Waals surface area (Å²) in [6, 6.07) is -3.56. The van der Waals surface area contributed by atoms with Crippen molar-refractivity contribution >= 4 is 52.8 Å². The summed E-state index contributed by atoms with van der Waals surface area (Å²) in [5.74, 6) is -7.64. The van der Waals surface area contributed by atoms with Gasteiger partial charge in [-0.05, 0) is 33.1 Å². The van der Waals surface area contributed by atoms with Crippen molar-refractivity contribution < 1.29 is 48.6 Å².